The van der Waals surface area contributed by atoms with Crippen LogP contribution in [-0.4, -0.2) is 44.3 Å². The van der Waals surface area contributed by atoms with Crippen LogP contribution in [0, 0.1) is 0 Å². The van der Waals surface area contributed by atoms with E-state index in [0.717, 1.165) is 4.31 Å². The number of nitrogens with zero attached hydrogens (tertiary/aromatic N) is 2. The van der Waals surface area contributed by atoms with Crippen molar-refractivity contribution in [3.63, 3.8) is 0 Å². The Morgan fingerprint density at radius 3 is 2.19 bits per heavy atom. The minimum atomic E-state index is -4.13. The summed E-state index contributed by atoms with van der Waals surface area (Å²) in [5.74, 6) is -0.894. The molecule has 190 valence electrons. The molecular weight excluding hydrogens is 521 g/mol. The maximum atomic E-state index is 13.7. The lowest BCUT2D eigenvalue weighted by Crippen LogP contribution is -2.51. The summed E-state index contributed by atoms with van der Waals surface area (Å²) in [6.45, 7) is 3.33. The highest BCUT2D eigenvalue weighted by Gasteiger charge is 2.32. The molecule has 7 nitrogen and oxygen atoms in total. The van der Waals surface area contributed by atoms with Crippen LogP contribution < -0.4 is 9.62 Å². The van der Waals surface area contributed by atoms with Crippen molar-refractivity contribution in [1.82, 2.24) is 10.2 Å². The summed E-state index contributed by atoms with van der Waals surface area (Å²) >= 11 is 12.1. The number of likely N-dealkylation sites (N-methyl/N-ethyl adjacent to an activating group) is 1. The number of anilines is 1. The van der Waals surface area contributed by atoms with Crippen molar-refractivity contribution in [3.8, 4) is 0 Å². The van der Waals surface area contributed by atoms with Crippen LogP contribution in [0.4, 0.5) is 5.69 Å². The molecule has 36 heavy (non-hydrogen) atoms. The summed E-state index contributed by atoms with van der Waals surface area (Å²) in [7, 11) is -4.13. The zero-order valence-corrected chi connectivity index (χ0v) is 22.2. The molecule has 0 saturated heterocycles. The Balaban J connectivity index is 2.00. The third kappa shape index (κ3) is 6.78. The van der Waals surface area contributed by atoms with Gasteiger partial charge in [0.15, 0.2) is 0 Å². The summed E-state index contributed by atoms with van der Waals surface area (Å²) in [5.41, 5.74) is 1.02. The second kappa shape index (κ2) is 12.3. The number of benzene rings is 3. The Bertz CT molecular complexity index is 1300. The summed E-state index contributed by atoms with van der Waals surface area (Å²) in [4.78, 5) is 27.7. The lowest BCUT2D eigenvalue weighted by Gasteiger charge is -2.32. The smallest absolute Gasteiger partial charge is 0.264 e. The first-order chi connectivity index (χ1) is 17.1. The van der Waals surface area contributed by atoms with Gasteiger partial charge in [-0.1, -0.05) is 53.5 Å². The Labute approximate surface area is 221 Å². The first kappa shape index (κ1) is 27.5. The van der Waals surface area contributed by atoms with Crippen molar-refractivity contribution >= 4 is 50.7 Å². The number of sulfonamides is 1. The summed E-state index contributed by atoms with van der Waals surface area (Å²) in [6, 6.07) is 20.2. The third-order valence-electron chi connectivity index (χ3n) is 5.48. The molecule has 0 radical (unpaired) electrons. The van der Waals surface area contributed by atoms with Crippen LogP contribution >= 0.6 is 23.2 Å². The molecular formula is C26H27Cl2N3O4S. The van der Waals surface area contributed by atoms with Gasteiger partial charge in [0.1, 0.15) is 12.6 Å². The van der Waals surface area contributed by atoms with Crippen LogP contribution in [0.2, 0.25) is 10.0 Å². The minimum Gasteiger partial charge on any atom is -0.355 e. The van der Waals surface area contributed by atoms with Gasteiger partial charge in [0, 0.05) is 23.1 Å². The molecule has 3 rings (SSSR count). The number of carbonyl (C=O) groups is 2. The maximum absolute atomic E-state index is 13.7. The SMILES string of the molecule is CCNC(=O)[C@H](C)N(Cc1cccc(Cl)c1)C(=O)CN(c1ccccc1)S(=O)(=O)c1ccc(Cl)cc1. The molecule has 0 aromatic heterocycles. The first-order valence-electron chi connectivity index (χ1n) is 11.3. The van der Waals surface area contributed by atoms with Gasteiger partial charge >= 0.3 is 0 Å². The Hall–Kier alpha value is -3.07. The predicted molar refractivity (Wildman–Crippen MR) is 143 cm³/mol. The molecule has 0 spiro atoms. The van der Waals surface area contributed by atoms with E-state index in [9.17, 15) is 18.0 Å². The van der Waals surface area contributed by atoms with Gasteiger partial charge in [0.25, 0.3) is 10.0 Å². The van der Waals surface area contributed by atoms with Gasteiger partial charge in [-0.15, -0.1) is 0 Å². The first-order valence-corrected chi connectivity index (χ1v) is 13.5. The average molecular weight is 548 g/mol. The topological polar surface area (TPSA) is 86.8 Å². The molecule has 0 heterocycles. The quantitative estimate of drug-likeness (QED) is 0.397. The number of halogens is 2. The summed E-state index contributed by atoms with van der Waals surface area (Å²) in [5, 5.41) is 3.60. The second-order valence-electron chi connectivity index (χ2n) is 8.02. The molecule has 0 saturated carbocycles. The van der Waals surface area contributed by atoms with Gasteiger partial charge in [0.2, 0.25) is 11.8 Å². The molecule has 0 aliphatic heterocycles. The Kier molecular flexibility index (Phi) is 9.37. The zero-order valence-electron chi connectivity index (χ0n) is 19.9. The molecule has 0 aliphatic rings. The van der Waals surface area contributed by atoms with Gasteiger partial charge in [-0.25, -0.2) is 8.42 Å². The van der Waals surface area contributed by atoms with E-state index in [4.69, 9.17) is 23.2 Å². The van der Waals surface area contributed by atoms with E-state index >= 15 is 0 Å². The molecule has 1 atom stereocenters. The molecule has 0 unspecified atom stereocenters. The highest BCUT2D eigenvalue weighted by molar-refractivity contribution is 7.92. The van der Waals surface area contributed by atoms with Crippen LogP contribution in [0.1, 0.15) is 19.4 Å². The van der Waals surface area contributed by atoms with E-state index in [-0.39, 0.29) is 17.3 Å². The van der Waals surface area contributed by atoms with E-state index < -0.39 is 28.5 Å². The van der Waals surface area contributed by atoms with Crippen molar-refractivity contribution in [2.75, 3.05) is 17.4 Å². The molecule has 3 aromatic carbocycles. The number of hydrogen-bond donors (Lipinski definition) is 1. The van der Waals surface area contributed by atoms with Gasteiger partial charge in [-0.05, 0) is 67.9 Å². The van der Waals surface area contributed by atoms with E-state index in [1.54, 1.807) is 68.4 Å². The number of rotatable bonds is 10. The molecule has 1 N–H and O–H groups in total. The Morgan fingerprint density at radius 2 is 1.58 bits per heavy atom. The van der Waals surface area contributed by atoms with Gasteiger partial charge in [-0.3, -0.25) is 13.9 Å². The highest BCUT2D eigenvalue weighted by Crippen LogP contribution is 2.25. The van der Waals surface area contributed by atoms with E-state index in [0.29, 0.717) is 27.8 Å². The summed E-state index contributed by atoms with van der Waals surface area (Å²) < 4.78 is 28.3. The number of amides is 2. The van der Waals surface area contributed by atoms with Crippen molar-refractivity contribution in [3.05, 3.63) is 94.5 Å². The molecule has 0 bridgehead atoms. The van der Waals surface area contributed by atoms with Crippen LogP contribution in [0.3, 0.4) is 0 Å². The average Bonchev–Trinajstić information content (AvgIpc) is 2.86. The van der Waals surface area contributed by atoms with E-state index in [2.05, 4.69) is 5.32 Å². The standard InChI is InChI=1S/C26H27Cl2N3O4S/c1-3-29-26(33)19(2)30(17-20-8-7-9-22(28)16-20)25(32)18-31(23-10-5-4-6-11-23)36(34,35)24-14-12-21(27)13-15-24/h4-16,19H,3,17-18H2,1-2H3,(H,29,33)/t19-/m0/s1. The van der Waals surface area contributed by atoms with Gasteiger partial charge in [0.05, 0.1) is 10.6 Å². The minimum absolute atomic E-state index is 0.0123. The molecule has 10 heteroatoms. The van der Waals surface area contributed by atoms with Crippen molar-refractivity contribution < 1.29 is 18.0 Å². The number of carbonyl (C=O) groups excluding carboxylic acids is 2. The molecule has 0 fully saturated rings. The lowest BCUT2D eigenvalue weighted by atomic mass is 10.1. The van der Waals surface area contributed by atoms with Crippen LogP contribution in [-0.2, 0) is 26.2 Å². The normalized spacial score (nSPS) is 12.0. The zero-order chi connectivity index (χ0) is 26.3. The molecule has 3 aromatic rings. The fraction of sp³-hybridized carbons (Fsp3) is 0.231. The van der Waals surface area contributed by atoms with Gasteiger partial charge < -0.3 is 10.2 Å². The maximum Gasteiger partial charge on any atom is 0.264 e. The fourth-order valence-electron chi connectivity index (χ4n) is 3.59. The van der Waals surface area contributed by atoms with Crippen molar-refractivity contribution in [2.45, 2.75) is 31.3 Å². The molecule has 0 aliphatic carbocycles. The number of nitrogens with one attached hydrogen (secondary N) is 1. The highest BCUT2D eigenvalue weighted by atomic mass is 35.5. The van der Waals surface area contributed by atoms with Crippen LogP contribution in [0.25, 0.3) is 0 Å². The van der Waals surface area contributed by atoms with Crippen molar-refractivity contribution in [2.24, 2.45) is 0 Å². The van der Waals surface area contributed by atoms with Crippen LogP contribution in [0.15, 0.2) is 83.8 Å². The second-order valence-corrected chi connectivity index (χ2v) is 10.8. The van der Waals surface area contributed by atoms with E-state index in [1.165, 1.54) is 29.2 Å². The number of para-hydroxylation sites is 1. The molecule has 2 amide bonds. The Morgan fingerprint density at radius 1 is 0.917 bits per heavy atom. The lowest BCUT2D eigenvalue weighted by molar-refractivity contribution is -0.139. The summed E-state index contributed by atoms with van der Waals surface area (Å²) in [6.07, 6.45) is 0. The third-order valence-corrected chi connectivity index (χ3v) is 7.76. The predicted octanol–water partition coefficient (Wildman–Crippen LogP) is 4.74. The number of hydrogen-bond acceptors (Lipinski definition) is 4. The van der Waals surface area contributed by atoms with Gasteiger partial charge in [-0.2, -0.15) is 0 Å². The van der Waals surface area contributed by atoms with Crippen molar-refractivity contribution in [1.29, 1.82) is 0 Å². The van der Waals surface area contributed by atoms with E-state index in [1.807, 2.05) is 0 Å². The largest absolute Gasteiger partial charge is 0.355 e. The fourth-order valence-corrected chi connectivity index (χ4v) is 5.35. The monoisotopic (exact) mass is 547 g/mol. The van der Waals surface area contributed by atoms with Crippen LogP contribution in [0.5, 0.6) is 0 Å².